The lowest BCUT2D eigenvalue weighted by Crippen LogP contribution is -2.29. The molecule has 5 heteroatoms. The summed E-state index contributed by atoms with van der Waals surface area (Å²) in [5, 5.41) is 2.56. The zero-order chi connectivity index (χ0) is 18.3. The minimum atomic E-state index is -0.163. The van der Waals surface area contributed by atoms with Crippen molar-refractivity contribution in [2.75, 3.05) is 13.6 Å². The van der Waals surface area contributed by atoms with E-state index in [1.54, 1.807) is 30.3 Å². The summed E-state index contributed by atoms with van der Waals surface area (Å²) >= 11 is 0. The van der Waals surface area contributed by atoms with Crippen LogP contribution >= 0.6 is 0 Å². The van der Waals surface area contributed by atoms with Crippen LogP contribution in [0.4, 0.5) is 0 Å². The van der Waals surface area contributed by atoms with Crippen molar-refractivity contribution < 1.29 is 4.79 Å². The molecule has 1 amide bonds. The molecule has 0 N–H and O–H groups in total. The van der Waals surface area contributed by atoms with Gasteiger partial charge in [-0.05, 0) is 41.5 Å². The lowest BCUT2D eigenvalue weighted by molar-refractivity contribution is 0.0796. The molecule has 0 saturated carbocycles. The van der Waals surface area contributed by atoms with Crippen LogP contribution in [0.2, 0.25) is 0 Å². The van der Waals surface area contributed by atoms with Gasteiger partial charge < -0.3 is 4.90 Å². The fourth-order valence-electron chi connectivity index (χ4n) is 3.32. The monoisotopic (exact) mass is 345 g/mol. The average molecular weight is 345 g/mol. The lowest BCUT2D eigenvalue weighted by Gasteiger charge is -2.17. The van der Waals surface area contributed by atoms with Gasteiger partial charge in [0.1, 0.15) is 0 Å². The zero-order valence-corrected chi connectivity index (χ0v) is 14.8. The summed E-state index contributed by atoms with van der Waals surface area (Å²) in [6.45, 7) is 2.68. The number of nitrogens with zero attached hydrogens (tertiary/aromatic N) is 3. The maximum absolute atomic E-state index is 13.0. The number of hydrogen-bond acceptors (Lipinski definition) is 3. The molecule has 2 aromatic carbocycles. The molecule has 0 atom stereocenters. The molecular weight excluding hydrogens is 326 g/mol. The van der Waals surface area contributed by atoms with E-state index >= 15 is 0 Å². The molecule has 0 unspecified atom stereocenters. The summed E-state index contributed by atoms with van der Waals surface area (Å²) in [7, 11) is 1.77. The van der Waals surface area contributed by atoms with Crippen molar-refractivity contribution in [2.45, 2.75) is 13.3 Å². The van der Waals surface area contributed by atoms with Gasteiger partial charge in [-0.25, -0.2) is 4.98 Å². The van der Waals surface area contributed by atoms with Gasteiger partial charge in [0, 0.05) is 19.8 Å². The molecule has 0 bridgehead atoms. The molecule has 0 saturated heterocycles. The van der Waals surface area contributed by atoms with Crippen molar-refractivity contribution in [3.63, 3.8) is 0 Å². The quantitative estimate of drug-likeness (QED) is 0.534. The van der Waals surface area contributed by atoms with Gasteiger partial charge in [0.15, 0.2) is 5.65 Å². The van der Waals surface area contributed by atoms with Crippen LogP contribution in [0.25, 0.3) is 27.3 Å². The Labute approximate surface area is 150 Å². The fraction of sp³-hybridized carbons (Fsp3) is 0.190. The van der Waals surface area contributed by atoms with Gasteiger partial charge >= 0.3 is 0 Å². The molecule has 2 aromatic heterocycles. The second-order valence-corrected chi connectivity index (χ2v) is 6.48. The van der Waals surface area contributed by atoms with Crippen molar-refractivity contribution in [2.24, 2.45) is 0 Å². The number of aromatic nitrogens is 2. The average Bonchev–Trinajstić information content (AvgIpc) is 2.66. The Morgan fingerprint density at radius 2 is 1.85 bits per heavy atom. The third-order valence-corrected chi connectivity index (χ3v) is 4.64. The molecular formula is C21H19N3O2. The molecule has 0 radical (unpaired) electrons. The van der Waals surface area contributed by atoms with E-state index in [1.807, 2.05) is 43.3 Å². The zero-order valence-electron chi connectivity index (χ0n) is 14.8. The number of hydrogen-bond donors (Lipinski definition) is 0. The molecule has 0 aliphatic carbocycles. The minimum absolute atomic E-state index is 0.128. The highest BCUT2D eigenvalue weighted by Crippen LogP contribution is 2.21. The molecule has 0 fully saturated rings. The number of rotatable bonds is 3. The highest BCUT2D eigenvalue weighted by Gasteiger charge is 2.17. The summed E-state index contributed by atoms with van der Waals surface area (Å²) in [5.41, 5.74) is 1.28. The molecule has 0 aliphatic rings. The number of benzene rings is 2. The Balaban J connectivity index is 2.03. The standard InChI is InChI=1S/C21H19N3O2/c1-3-10-23(2)20(25)16-9-6-11-24-19(16)22-18-13-15-8-5-4-7-14(15)12-17(18)21(24)26/h4-9,11-13H,3,10H2,1-2H3. The first-order valence-corrected chi connectivity index (χ1v) is 8.69. The Morgan fingerprint density at radius 1 is 1.12 bits per heavy atom. The van der Waals surface area contributed by atoms with E-state index in [-0.39, 0.29) is 11.5 Å². The van der Waals surface area contributed by atoms with Crippen molar-refractivity contribution in [3.05, 3.63) is 70.6 Å². The van der Waals surface area contributed by atoms with Crippen LogP contribution < -0.4 is 5.56 Å². The first-order chi connectivity index (χ1) is 12.6. The molecule has 0 aliphatic heterocycles. The van der Waals surface area contributed by atoms with E-state index in [4.69, 9.17) is 0 Å². The molecule has 26 heavy (non-hydrogen) atoms. The SMILES string of the molecule is CCCN(C)C(=O)c1cccn2c(=O)c3cc4ccccc4cc3nc12. The molecule has 0 spiro atoms. The van der Waals surface area contributed by atoms with Crippen LogP contribution in [0.3, 0.4) is 0 Å². The summed E-state index contributed by atoms with van der Waals surface area (Å²) in [4.78, 5) is 32.1. The minimum Gasteiger partial charge on any atom is -0.342 e. The van der Waals surface area contributed by atoms with Crippen molar-refractivity contribution >= 4 is 33.2 Å². The topological polar surface area (TPSA) is 54.7 Å². The van der Waals surface area contributed by atoms with Gasteiger partial charge in [-0.1, -0.05) is 31.2 Å². The smallest absolute Gasteiger partial charge is 0.265 e. The highest BCUT2D eigenvalue weighted by atomic mass is 16.2. The van der Waals surface area contributed by atoms with Crippen molar-refractivity contribution in [1.82, 2.24) is 14.3 Å². The van der Waals surface area contributed by atoms with Crippen LogP contribution in [-0.2, 0) is 0 Å². The first-order valence-electron chi connectivity index (χ1n) is 8.69. The molecule has 5 nitrogen and oxygen atoms in total. The fourth-order valence-corrected chi connectivity index (χ4v) is 3.32. The Kier molecular flexibility index (Phi) is 3.92. The number of amides is 1. The van der Waals surface area contributed by atoms with Crippen molar-refractivity contribution in [1.29, 1.82) is 0 Å². The third-order valence-electron chi connectivity index (χ3n) is 4.64. The maximum atomic E-state index is 13.0. The van der Waals surface area contributed by atoms with E-state index in [9.17, 15) is 9.59 Å². The summed E-state index contributed by atoms with van der Waals surface area (Å²) < 4.78 is 1.46. The number of fused-ring (bicyclic) bond motifs is 3. The van der Waals surface area contributed by atoms with Crippen molar-refractivity contribution in [3.8, 4) is 0 Å². The van der Waals surface area contributed by atoms with E-state index < -0.39 is 0 Å². The predicted octanol–water partition coefficient (Wildman–Crippen LogP) is 3.48. The van der Waals surface area contributed by atoms with E-state index in [2.05, 4.69) is 4.98 Å². The second-order valence-electron chi connectivity index (χ2n) is 6.48. The van der Waals surface area contributed by atoms with Gasteiger partial charge in [-0.3, -0.25) is 14.0 Å². The third kappa shape index (κ3) is 2.52. The van der Waals surface area contributed by atoms with Crippen LogP contribution in [-0.4, -0.2) is 33.8 Å². The highest BCUT2D eigenvalue weighted by molar-refractivity contribution is 6.01. The van der Waals surface area contributed by atoms with Gasteiger partial charge in [0.2, 0.25) is 0 Å². The maximum Gasteiger partial charge on any atom is 0.265 e. The number of pyridine rings is 1. The molecule has 2 heterocycles. The summed E-state index contributed by atoms with van der Waals surface area (Å²) in [6.07, 6.45) is 2.53. The van der Waals surface area contributed by atoms with Crippen LogP contribution in [0.5, 0.6) is 0 Å². The van der Waals surface area contributed by atoms with Gasteiger partial charge in [0.25, 0.3) is 11.5 Å². The summed E-state index contributed by atoms with van der Waals surface area (Å²) in [6, 6.07) is 15.1. The van der Waals surface area contributed by atoms with Crippen LogP contribution in [0, 0.1) is 0 Å². The van der Waals surface area contributed by atoms with Crippen LogP contribution in [0.15, 0.2) is 59.5 Å². The van der Waals surface area contributed by atoms with Gasteiger partial charge in [-0.2, -0.15) is 0 Å². The Hall–Kier alpha value is -3.21. The molecule has 130 valence electrons. The van der Waals surface area contributed by atoms with Crippen LogP contribution in [0.1, 0.15) is 23.7 Å². The normalized spacial score (nSPS) is 11.3. The Bertz CT molecular complexity index is 1210. The molecule has 4 rings (SSSR count). The first kappa shape index (κ1) is 16.3. The lowest BCUT2D eigenvalue weighted by atomic mass is 10.1. The number of carbonyl (C=O) groups excluding carboxylic acids is 1. The number of carbonyl (C=O) groups is 1. The van der Waals surface area contributed by atoms with Gasteiger partial charge in [-0.15, -0.1) is 0 Å². The summed E-state index contributed by atoms with van der Waals surface area (Å²) in [5.74, 6) is -0.128. The second kappa shape index (κ2) is 6.26. The predicted molar refractivity (Wildman–Crippen MR) is 104 cm³/mol. The Morgan fingerprint density at radius 3 is 2.58 bits per heavy atom. The van der Waals surface area contributed by atoms with E-state index in [1.165, 1.54) is 4.40 Å². The van der Waals surface area contributed by atoms with E-state index in [0.29, 0.717) is 28.7 Å². The van der Waals surface area contributed by atoms with E-state index in [0.717, 1.165) is 17.2 Å². The van der Waals surface area contributed by atoms with Gasteiger partial charge in [0.05, 0.1) is 16.5 Å². The largest absolute Gasteiger partial charge is 0.342 e. The molecule has 4 aromatic rings.